The van der Waals surface area contributed by atoms with E-state index in [-0.39, 0.29) is 11.9 Å². The summed E-state index contributed by atoms with van der Waals surface area (Å²) in [6.07, 6.45) is 0. The second-order valence-electron chi connectivity index (χ2n) is 4.49. The third kappa shape index (κ3) is 3.74. The van der Waals surface area contributed by atoms with Gasteiger partial charge in [0.15, 0.2) is 0 Å². The van der Waals surface area contributed by atoms with Crippen LogP contribution in [0, 0.1) is 0 Å². The number of hydrogen-bond donors (Lipinski definition) is 2. The Labute approximate surface area is 128 Å². The van der Waals surface area contributed by atoms with Crippen LogP contribution in [0.5, 0.6) is 0 Å². The molecule has 20 heavy (non-hydrogen) atoms. The summed E-state index contributed by atoms with van der Waals surface area (Å²) in [4.78, 5) is 11.7. The van der Waals surface area contributed by atoms with Crippen molar-refractivity contribution in [3.05, 3.63) is 51.2 Å². The molecule has 1 amide bonds. The average Bonchev–Trinajstić information content (AvgIpc) is 2.86. The van der Waals surface area contributed by atoms with Crippen molar-refractivity contribution in [2.45, 2.75) is 19.9 Å². The Morgan fingerprint density at radius 3 is 2.60 bits per heavy atom. The molecule has 1 aromatic heterocycles. The van der Waals surface area contributed by atoms with Gasteiger partial charge < -0.3 is 10.6 Å². The van der Waals surface area contributed by atoms with Gasteiger partial charge in [-0.1, -0.05) is 11.6 Å². The fraction of sp³-hybridized carbons (Fsp3) is 0.267. The predicted molar refractivity (Wildman–Crippen MR) is 85.8 cm³/mol. The van der Waals surface area contributed by atoms with E-state index in [0.29, 0.717) is 12.1 Å². The van der Waals surface area contributed by atoms with Crippen molar-refractivity contribution < 1.29 is 4.79 Å². The number of amides is 1. The monoisotopic (exact) mass is 308 g/mol. The average molecular weight is 309 g/mol. The van der Waals surface area contributed by atoms with Gasteiger partial charge in [-0.15, -0.1) is 11.3 Å². The SMILES string of the molecule is CCNC(=O)c1ccc(NC(C)c2csc(Cl)c2)cc1. The predicted octanol–water partition coefficient (Wildman–Crippen LogP) is 4.32. The van der Waals surface area contributed by atoms with Crippen LogP contribution >= 0.6 is 22.9 Å². The Morgan fingerprint density at radius 1 is 1.35 bits per heavy atom. The summed E-state index contributed by atoms with van der Waals surface area (Å²) < 4.78 is 0.792. The van der Waals surface area contributed by atoms with Crippen molar-refractivity contribution in [1.29, 1.82) is 0 Å². The van der Waals surface area contributed by atoms with Crippen LogP contribution in [-0.2, 0) is 0 Å². The molecule has 2 rings (SSSR count). The van der Waals surface area contributed by atoms with Crippen LogP contribution < -0.4 is 10.6 Å². The lowest BCUT2D eigenvalue weighted by atomic mass is 10.1. The van der Waals surface area contributed by atoms with Gasteiger partial charge >= 0.3 is 0 Å². The summed E-state index contributed by atoms with van der Waals surface area (Å²) in [6, 6.07) is 9.60. The third-order valence-corrected chi connectivity index (χ3v) is 4.06. The molecule has 5 heteroatoms. The van der Waals surface area contributed by atoms with Crippen LogP contribution in [0.4, 0.5) is 5.69 Å². The third-order valence-electron chi connectivity index (χ3n) is 2.96. The highest BCUT2D eigenvalue weighted by Crippen LogP contribution is 2.27. The zero-order valence-electron chi connectivity index (χ0n) is 11.4. The van der Waals surface area contributed by atoms with E-state index in [1.54, 1.807) is 0 Å². The molecule has 0 bridgehead atoms. The van der Waals surface area contributed by atoms with Gasteiger partial charge in [-0.3, -0.25) is 4.79 Å². The first-order valence-electron chi connectivity index (χ1n) is 6.49. The minimum absolute atomic E-state index is 0.0447. The fourth-order valence-electron chi connectivity index (χ4n) is 1.86. The molecule has 1 unspecified atom stereocenters. The zero-order chi connectivity index (χ0) is 14.5. The van der Waals surface area contributed by atoms with Gasteiger partial charge in [-0.2, -0.15) is 0 Å². The van der Waals surface area contributed by atoms with Gasteiger partial charge in [0.1, 0.15) is 0 Å². The van der Waals surface area contributed by atoms with Gasteiger partial charge in [0.2, 0.25) is 0 Å². The number of anilines is 1. The molecule has 2 aromatic rings. The molecule has 106 valence electrons. The molecule has 0 saturated heterocycles. The van der Waals surface area contributed by atoms with Crippen molar-refractivity contribution in [1.82, 2.24) is 5.32 Å². The molecule has 0 saturated carbocycles. The van der Waals surface area contributed by atoms with Crippen LogP contribution in [0.2, 0.25) is 4.34 Å². The highest BCUT2D eigenvalue weighted by atomic mass is 35.5. The molecule has 1 atom stereocenters. The van der Waals surface area contributed by atoms with Gasteiger partial charge in [-0.05, 0) is 55.1 Å². The number of thiophene rings is 1. The normalized spacial score (nSPS) is 11.9. The molecule has 0 spiro atoms. The van der Waals surface area contributed by atoms with E-state index in [4.69, 9.17) is 11.6 Å². The lowest BCUT2D eigenvalue weighted by molar-refractivity contribution is 0.0956. The second-order valence-corrected chi connectivity index (χ2v) is 6.03. The minimum atomic E-state index is -0.0447. The van der Waals surface area contributed by atoms with E-state index in [2.05, 4.69) is 17.6 Å². The Kier molecular flexibility index (Phi) is 5.04. The quantitative estimate of drug-likeness (QED) is 0.863. The standard InChI is InChI=1S/C15H17ClN2OS/c1-3-17-15(19)11-4-6-13(7-5-11)18-10(2)12-8-14(16)20-9-12/h4-10,18H,3H2,1-2H3,(H,17,19). The highest BCUT2D eigenvalue weighted by Gasteiger charge is 2.08. The summed E-state index contributed by atoms with van der Waals surface area (Å²) in [7, 11) is 0. The first kappa shape index (κ1) is 14.9. The number of carbonyl (C=O) groups excluding carboxylic acids is 1. The number of halogens is 1. The maximum atomic E-state index is 11.7. The Balaban J connectivity index is 2.01. The Morgan fingerprint density at radius 2 is 2.05 bits per heavy atom. The van der Waals surface area contributed by atoms with Crippen LogP contribution in [0.15, 0.2) is 35.7 Å². The largest absolute Gasteiger partial charge is 0.378 e. The molecule has 2 N–H and O–H groups in total. The molecule has 0 aliphatic carbocycles. The number of benzene rings is 1. The van der Waals surface area contributed by atoms with E-state index < -0.39 is 0 Å². The molecule has 0 fully saturated rings. The summed E-state index contributed by atoms with van der Waals surface area (Å²) in [6.45, 7) is 4.62. The smallest absolute Gasteiger partial charge is 0.251 e. The highest BCUT2D eigenvalue weighted by molar-refractivity contribution is 7.14. The number of rotatable bonds is 5. The Bertz CT molecular complexity index is 580. The molecule has 3 nitrogen and oxygen atoms in total. The first-order chi connectivity index (χ1) is 9.60. The van der Waals surface area contributed by atoms with E-state index in [9.17, 15) is 4.79 Å². The molecular formula is C15H17ClN2OS. The lowest BCUT2D eigenvalue weighted by Gasteiger charge is -2.14. The lowest BCUT2D eigenvalue weighted by Crippen LogP contribution is -2.22. The van der Waals surface area contributed by atoms with Crippen molar-refractivity contribution in [3.63, 3.8) is 0 Å². The molecule has 0 aliphatic rings. The minimum Gasteiger partial charge on any atom is -0.378 e. The molecule has 1 aromatic carbocycles. The Hall–Kier alpha value is -1.52. The van der Waals surface area contributed by atoms with Crippen molar-refractivity contribution in [2.24, 2.45) is 0 Å². The molecular weight excluding hydrogens is 292 g/mol. The van der Waals surface area contributed by atoms with Crippen LogP contribution in [-0.4, -0.2) is 12.5 Å². The zero-order valence-corrected chi connectivity index (χ0v) is 13.0. The first-order valence-corrected chi connectivity index (χ1v) is 7.74. The topological polar surface area (TPSA) is 41.1 Å². The maximum Gasteiger partial charge on any atom is 0.251 e. The van der Waals surface area contributed by atoms with Crippen molar-refractivity contribution in [2.75, 3.05) is 11.9 Å². The van der Waals surface area contributed by atoms with Crippen LogP contribution in [0.1, 0.15) is 35.8 Å². The summed E-state index contributed by atoms with van der Waals surface area (Å²) in [5.41, 5.74) is 2.81. The van der Waals surface area contributed by atoms with Crippen molar-refractivity contribution >= 4 is 34.5 Å². The number of hydrogen-bond acceptors (Lipinski definition) is 3. The molecule has 0 radical (unpaired) electrons. The van der Waals surface area contributed by atoms with Gasteiger partial charge in [-0.25, -0.2) is 0 Å². The fourth-order valence-corrected chi connectivity index (χ4v) is 2.85. The second kappa shape index (κ2) is 6.77. The summed E-state index contributed by atoms with van der Waals surface area (Å²) in [5, 5.41) is 8.21. The summed E-state index contributed by atoms with van der Waals surface area (Å²) >= 11 is 7.47. The van der Waals surface area contributed by atoms with Gasteiger partial charge in [0, 0.05) is 23.8 Å². The van der Waals surface area contributed by atoms with E-state index >= 15 is 0 Å². The maximum absolute atomic E-state index is 11.7. The van der Waals surface area contributed by atoms with E-state index in [0.717, 1.165) is 15.6 Å². The van der Waals surface area contributed by atoms with Gasteiger partial charge in [0.05, 0.1) is 4.34 Å². The number of carbonyl (C=O) groups is 1. The van der Waals surface area contributed by atoms with Crippen LogP contribution in [0.3, 0.4) is 0 Å². The summed E-state index contributed by atoms with van der Waals surface area (Å²) in [5.74, 6) is -0.0447. The van der Waals surface area contributed by atoms with Crippen molar-refractivity contribution in [3.8, 4) is 0 Å². The van der Waals surface area contributed by atoms with E-state index in [1.807, 2.05) is 42.6 Å². The van der Waals surface area contributed by atoms with Crippen LogP contribution in [0.25, 0.3) is 0 Å². The van der Waals surface area contributed by atoms with E-state index in [1.165, 1.54) is 11.3 Å². The molecule has 1 heterocycles. The number of nitrogens with one attached hydrogen (secondary N) is 2. The van der Waals surface area contributed by atoms with Gasteiger partial charge in [0.25, 0.3) is 5.91 Å². The molecule has 0 aliphatic heterocycles.